The number of benzene rings is 2. The highest BCUT2D eigenvalue weighted by Crippen LogP contribution is 2.29. The first-order valence-corrected chi connectivity index (χ1v) is 10.2. The van der Waals surface area contributed by atoms with Gasteiger partial charge in [-0.3, -0.25) is 4.79 Å². The van der Waals surface area contributed by atoms with E-state index in [0.29, 0.717) is 0 Å². The van der Waals surface area contributed by atoms with Gasteiger partial charge in [0.1, 0.15) is 5.69 Å². The number of nitrogens with one attached hydrogen (secondary N) is 1. The number of nitrogens with zero attached hydrogens (tertiary/aromatic N) is 3. The van der Waals surface area contributed by atoms with Crippen molar-refractivity contribution >= 4 is 17.6 Å². The molecule has 4 aromatic rings. The van der Waals surface area contributed by atoms with Gasteiger partial charge in [-0.1, -0.05) is 65.8 Å². The quantitative estimate of drug-likeness (QED) is 0.412. The third kappa shape index (κ3) is 4.87. The van der Waals surface area contributed by atoms with Crippen molar-refractivity contribution in [3.63, 3.8) is 0 Å². The summed E-state index contributed by atoms with van der Waals surface area (Å²) in [6.07, 6.45) is 1.27. The van der Waals surface area contributed by atoms with Gasteiger partial charge in [-0.2, -0.15) is 4.98 Å². The number of anilines is 1. The van der Waals surface area contributed by atoms with Gasteiger partial charge in [0.05, 0.1) is 18.7 Å². The first kappa shape index (κ1) is 21.7. The monoisotopic (exact) mass is 444 g/mol. The predicted octanol–water partition coefficient (Wildman–Crippen LogP) is 3.78. The summed E-state index contributed by atoms with van der Waals surface area (Å²) in [5.41, 5.74) is 1.77. The average molecular weight is 444 g/mol. The van der Waals surface area contributed by atoms with E-state index in [4.69, 9.17) is 9.26 Å². The number of carbonyl (C=O) groups is 2. The molecule has 2 N–H and O–H groups in total. The number of hydrogen-bond donors (Lipinski definition) is 2. The average Bonchev–Trinajstić information content (AvgIpc) is 3.33. The summed E-state index contributed by atoms with van der Waals surface area (Å²) in [6.45, 7) is 1.86. The zero-order chi connectivity index (χ0) is 23.2. The molecule has 33 heavy (non-hydrogen) atoms. The maximum Gasteiger partial charge on any atom is 0.377 e. The zero-order valence-corrected chi connectivity index (χ0v) is 17.6. The Kier molecular flexibility index (Phi) is 6.40. The second-order valence-corrected chi connectivity index (χ2v) is 6.97. The molecule has 0 bridgehead atoms. The van der Waals surface area contributed by atoms with E-state index in [1.807, 2.05) is 60.7 Å². The first-order chi connectivity index (χ1) is 16.1. The van der Waals surface area contributed by atoms with E-state index in [9.17, 15) is 14.7 Å². The van der Waals surface area contributed by atoms with Crippen molar-refractivity contribution in [1.82, 2.24) is 15.1 Å². The summed E-state index contributed by atoms with van der Waals surface area (Å²) in [6, 6.07) is 19.9. The molecule has 1 amide bonds. The van der Waals surface area contributed by atoms with Crippen LogP contribution in [0.15, 0.2) is 77.4 Å². The Hall–Kier alpha value is -4.53. The number of aromatic hydroxyl groups is 1. The molecule has 0 atom stereocenters. The molecule has 0 saturated heterocycles. The maximum absolute atomic E-state index is 13.2. The Bertz CT molecular complexity index is 1220. The van der Waals surface area contributed by atoms with Crippen LogP contribution in [-0.4, -0.2) is 38.7 Å². The van der Waals surface area contributed by atoms with Crippen LogP contribution in [0.3, 0.4) is 0 Å². The van der Waals surface area contributed by atoms with E-state index in [-0.39, 0.29) is 35.5 Å². The van der Waals surface area contributed by atoms with E-state index in [1.54, 1.807) is 6.92 Å². The number of amides is 1. The molecule has 0 aliphatic heterocycles. The fourth-order valence-electron chi connectivity index (χ4n) is 3.25. The van der Waals surface area contributed by atoms with Crippen LogP contribution < -0.4 is 5.32 Å². The van der Waals surface area contributed by atoms with Gasteiger partial charge in [0.2, 0.25) is 17.5 Å². The lowest BCUT2D eigenvalue weighted by molar-refractivity contribution is -0.116. The van der Waals surface area contributed by atoms with Crippen LogP contribution in [-0.2, 0) is 9.53 Å². The zero-order valence-electron chi connectivity index (χ0n) is 17.6. The fourth-order valence-corrected chi connectivity index (χ4v) is 3.25. The van der Waals surface area contributed by atoms with E-state index in [1.165, 1.54) is 12.3 Å². The molecular weight excluding hydrogens is 424 g/mol. The standard InChI is InChI=1S/C24H20N4O5/c1-2-32-24(31)19-13-17(28-33-19)21-25-14-18(22(29)27-21)26-23(30)20(15-9-5-3-6-10-15)16-11-7-4-8-12-16/h3-14,20H,2H2,1H3,(H,26,30)(H,25,27,29). The maximum atomic E-state index is 13.2. The summed E-state index contributed by atoms with van der Waals surface area (Å²) >= 11 is 0. The SMILES string of the molecule is CCOC(=O)c1cc(-c2ncc(NC(=O)C(c3ccccc3)c3ccccc3)c(O)n2)no1. The van der Waals surface area contributed by atoms with Crippen LogP contribution in [0.1, 0.15) is 34.5 Å². The molecule has 0 saturated carbocycles. The Morgan fingerprint density at radius 3 is 2.27 bits per heavy atom. The number of hydrogen-bond acceptors (Lipinski definition) is 8. The topological polar surface area (TPSA) is 127 Å². The van der Waals surface area contributed by atoms with Crippen molar-refractivity contribution in [2.24, 2.45) is 0 Å². The third-order valence-electron chi connectivity index (χ3n) is 4.77. The minimum absolute atomic E-state index is 0.0208. The van der Waals surface area contributed by atoms with Gasteiger partial charge >= 0.3 is 5.97 Å². The Morgan fingerprint density at radius 1 is 1.06 bits per heavy atom. The lowest BCUT2D eigenvalue weighted by atomic mass is 9.90. The molecule has 4 rings (SSSR count). The second kappa shape index (κ2) is 9.73. The van der Waals surface area contributed by atoms with Crippen LogP contribution in [0.2, 0.25) is 0 Å². The van der Waals surface area contributed by atoms with Crippen LogP contribution >= 0.6 is 0 Å². The number of esters is 1. The molecular formula is C24H20N4O5. The number of rotatable bonds is 7. The molecule has 0 unspecified atom stereocenters. The van der Waals surface area contributed by atoms with Gasteiger partial charge in [0, 0.05) is 6.07 Å². The first-order valence-electron chi connectivity index (χ1n) is 10.2. The number of ether oxygens (including phenoxy) is 1. The van der Waals surface area contributed by atoms with Crippen molar-refractivity contribution in [3.05, 3.63) is 89.8 Å². The van der Waals surface area contributed by atoms with Gasteiger partial charge in [0.25, 0.3) is 0 Å². The molecule has 2 heterocycles. The van der Waals surface area contributed by atoms with Crippen molar-refractivity contribution in [2.45, 2.75) is 12.8 Å². The van der Waals surface area contributed by atoms with Crippen molar-refractivity contribution in [2.75, 3.05) is 11.9 Å². The number of aromatic nitrogens is 3. The smallest absolute Gasteiger partial charge is 0.377 e. The van der Waals surface area contributed by atoms with E-state index < -0.39 is 17.8 Å². The summed E-state index contributed by atoms with van der Waals surface area (Å²) in [5, 5.41) is 16.8. The van der Waals surface area contributed by atoms with E-state index in [0.717, 1.165) is 11.1 Å². The van der Waals surface area contributed by atoms with Gasteiger partial charge in [-0.05, 0) is 18.1 Å². The van der Waals surface area contributed by atoms with Crippen molar-refractivity contribution < 1.29 is 24.0 Å². The summed E-state index contributed by atoms with van der Waals surface area (Å²) < 4.78 is 9.79. The highest BCUT2D eigenvalue weighted by atomic mass is 16.6. The van der Waals surface area contributed by atoms with Gasteiger partial charge in [-0.15, -0.1) is 0 Å². The molecule has 0 aliphatic rings. The van der Waals surface area contributed by atoms with Crippen molar-refractivity contribution in [1.29, 1.82) is 0 Å². The largest absolute Gasteiger partial charge is 0.492 e. The molecule has 2 aromatic carbocycles. The Labute approximate surface area is 189 Å². The lowest BCUT2D eigenvalue weighted by Crippen LogP contribution is -2.22. The van der Waals surface area contributed by atoms with Crippen LogP contribution in [0.5, 0.6) is 5.88 Å². The van der Waals surface area contributed by atoms with Crippen molar-refractivity contribution in [3.8, 4) is 17.4 Å². The van der Waals surface area contributed by atoms with Crippen LogP contribution in [0, 0.1) is 0 Å². The number of carbonyl (C=O) groups excluding carboxylic acids is 2. The van der Waals surface area contributed by atoms with Gasteiger partial charge in [0.15, 0.2) is 11.5 Å². The molecule has 9 heteroatoms. The lowest BCUT2D eigenvalue weighted by Gasteiger charge is -2.18. The second-order valence-electron chi connectivity index (χ2n) is 6.97. The predicted molar refractivity (Wildman–Crippen MR) is 119 cm³/mol. The minimum atomic E-state index is -0.669. The third-order valence-corrected chi connectivity index (χ3v) is 4.77. The van der Waals surface area contributed by atoms with Crippen LogP contribution in [0.4, 0.5) is 5.69 Å². The summed E-state index contributed by atoms with van der Waals surface area (Å²) in [7, 11) is 0. The Morgan fingerprint density at radius 2 is 1.70 bits per heavy atom. The molecule has 0 aliphatic carbocycles. The highest BCUT2D eigenvalue weighted by molar-refractivity contribution is 5.98. The molecule has 0 fully saturated rings. The molecule has 0 radical (unpaired) electrons. The Balaban J connectivity index is 1.57. The molecule has 166 valence electrons. The van der Waals surface area contributed by atoms with Crippen LogP contribution in [0.25, 0.3) is 11.5 Å². The normalized spacial score (nSPS) is 10.7. The summed E-state index contributed by atoms with van der Waals surface area (Å²) in [5.74, 6) is -2.17. The van der Waals surface area contributed by atoms with E-state index >= 15 is 0 Å². The fraction of sp³-hybridized carbons (Fsp3) is 0.125. The highest BCUT2D eigenvalue weighted by Gasteiger charge is 2.24. The van der Waals surface area contributed by atoms with Gasteiger partial charge < -0.3 is 19.7 Å². The van der Waals surface area contributed by atoms with E-state index in [2.05, 4.69) is 20.4 Å². The molecule has 9 nitrogen and oxygen atoms in total. The van der Waals surface area contributed by atoms with Gasteiger partial charge in [-0.25, -0.2) is 9.78 Å². The molecule has 2 aromatic heterocycles. The molecule has 0 spiro atoms. The summed E-state index contributed by atoms with van der Waals surface area (Å²) in [4.78, 5) is 33.0. The minimum Gasteiger partial charge on any atom is -0.492 e.